The smallest absolute Gasteiger partial charge is 0.261 e. The molecule has 0 fully saturated rings. The van der Waals surface area contributed by atoms with E-state index >= 15 is 0 Å². The molecule has 0 spiro atoms. The summed E-state index contributed by atoms with van der Waals surface area (Å²) in [4.78, 5) is 12.7. The maximum atomic E-state index is 12.0. The number of amides is 1. The minimum Gasteiger partial charge on any atom is -0.349 e. The molecule has 1 aromatic heterocycles. The van der Waals surface area contributed by atoms with E-state index < -0.39 is 0 Å². The van der Waals surface area contributed by atoms with Gasteiger partial charge in [-0.25, -0.2) is 0 Å². The lowest BCUT2D eigenvalue weighted by atomic mass is 10.1. The molecule has 1 heterocycles. The third-order valence-corrected chi connectivity index (χ3v) is 4.93. The molecule has 1 amide bonds. The van der Waals surface area contributed by atoms with Crippen LogP contribution in [-0.2, 0) is 0 Å². The second kappa shape index (κ2) is 6.32. The predicted octanol–water partition coefficient (Wildman–Crippen LogP) is 3.25. The van der Waals surface area contributed by atoms with Gasteiger partial charge in [-0.1, -0.05) is 30.3 Å². The lowest BCUT2D eigenvalue weighted by Gasteiger charge is -2.12. The molecule has 3 nitrogen and oxygen atoms in total. The van der Waals surface area contributed by atoms with Crippen LogP contribution < -0.4 is 11.1 Å². The largest absolute Gasteiger partial charge is 0.349 e. The SMILES string of the molecule is Cc1cc(C(=O)NCC(N)c2ccccc2)sc1Br. The normalized spacial score (nSPS) is 12.2. The van der Waals surface area contributed by atoms with E-state index in [1.54, 1.807) is 0 Å². The van der Waals surface area contributed by atoms with Gasteiger partial charge in [0.05, 0.1) is 8.66 Å². The van der Waals surface area contributed by atoms with Crippen molar-refractivity contribution in [1.82, 2.24) is 5.32 Å². The van der Waals surface area contributed by atoms with Crippen molar-refractivity contribution in [3.8, 4) is 0 Å². The molecule has 100 valence electrons. The Morgan fingerprint density at radius 1 is 1.42 bits per heavy atom. The van der Waals surface area contributed by atoms with Crippen LogP contribution in [0.3, 0.4) is 0 Å². The van der Waals surface area contributed by atoms with Crippen LogP contribution in [0.15, 0.2) is 40.2 Å². The van der Waals surface area contributed by atoms with Gasteiger partial charge >= 0.3 is 0 Å². The van der Waals surface area contributed by atoms with Crippen LogP contribution in [0, 0.1) is 6.92 Å². The zero-order chi connectivity index (χ0) is 13.8. The third kappa shape index (κ3) is 3.65. The number of thiophene rings is 1. The van der Waals surface area contributed by atoms with Crippen molar-refractivity contribution < 1.29 is 4.79 Å². The Morgan fingerprint density at radius 3 is 2.68 bits per heavy atom. The van der Waals surface area contributed by atoms with E-state index in [2.05, 4.69) is 21.2 Å². The molecule has 0 aliphatic carbocycles. The average molecular weight is 339 g/mol. The lowest BCUT2D eigenvalue weighted by Crippen LogP contribution is -2.31. The quantitative estimate of drug-likeness (QED) is 0.898. The number of halogens is 1. The fraction of sp³-hybridized carbons (Fsp3) is 0.214. The highest BCUT2D eigenvalue weighted by molar-refractivity contribution is 9.11. The topological polar surface area (TPSA) is 55.1 Å². The number of aryl methyl sites for hydroxylation is 1. The van der Waals surface area contributed by atoms with Crippen LogP contribution in [0.4, 0.5) is 0 Å². The van der Waals surface area contributed by atoms with Crippen molar-refractivity contribution in [3.63, 3.8) is 0 Å². The summed E-state index contributed by atoms with van der Waals surface area (Å²) in [5.41, 5.74) is 8.13. The van der Waals surface area contributed by atoms with Gasteiger partial charge in [-0.2, -0.15) is 0 Å². The molecule has 0 aliphatic heterocycles. The second-order valence-electron chi connectivity index (χ2n) is 4.29. The molecule has 5 heteroatoms. The van der Waals surface area contributed by atoms with E-state index in [9.17, 15) is 4.79 Å². The Bertz CT molecular complexity index is 549. The van der Waals surface area contributed by atoms with Gasteiger partial charge in [0.25, 0.3) is 5.91 Å². The molecule has 0 saturated heterocycles. The van der Waals surface area contributed by atoms with Crippen LogP contribution in [0.2, 0.25) is 0 Å². The summed E-state index contributed by atoms with van der Waals surface area (Å²) in [5, 5.41) is 2.86. The standard InChI is InChI=1S/C14H15BrN2OS/c1-9-7-12(19-13(9)15)14(18)17-8-11(16)10-5-3-2-4-6-10/h2-7,11H,8,16H2,1H3,(H,17,18). The monoisotopic (exact) mass is 338 g/mol. The first-order valence-corrected chi connectivity index (χ1v) is 7.53. The third-order valence-electron chi connectivity index (χ3n) is 2.79. The molecule has 19 heavy (non-hydrogen) atoms. The molecule has 0 saturated carbocycles. The van der Waals surface area contributed by atoms with E-state index in [-0.39, 0.29) is 11.9 Å². The summed E-state index contributed by atoms with van der Waals surface area (Å²) < 4.78 is 0.991. The molecule has 0 radical (unpaired) electrons. The Morgan fingerprint density at radius 2 is 2.11 bits per heavy atom. The Kier molecular flexibility index (Phi) is 4.74. The number of carbonyl (C=O) groups is 1. The van der Waals surface area contributed by atoms with Crippen molar-refractivity contribution in [2.75, 3.05) is 6.54 Å². The number of rotatable bonds is 4. The first-order valence-electron chi connectivity index (χ1n) is 5.92. The van der Waals surface area contributed by atoms with Crippen LogP contribution in [0.25, 0.3) is 0 Å². The number of benzene rings is 1. The molecule has 2 rings (SSSR count). The molecule has 0 aliphatic rings. The van der Waals surface area contributed by atoms with Gasteiger partial charge in [-0.15, -0.1) is 11.3 Å². The highest BCUT2D eigenvalue weighted by Gasteiger charge is 2.12. The molecule has 1 atom stereocenters. The molecule has 0 bridgehead atoms. The van der Waals surface area contributed by atoms with Crippen molar-refractivity contribution in [1.29, 1.82) is 0 Å². The van der Waals surface area contributed by atoms with E-state index in [4.69, 9.17) is 5.73 Å². The van der Waals surface area contributed by atoms with Gasteiger partial charge in [-0.05, 0) is 40.0 Å². The molecular weight excluding hydrogens is 324 g/mol. The van der Waals surface area contributed by atoms with Gasteiger partial charge in [0, 0.05) is 12.6 Å². The average Bonchev–Trinajstić information content (AvgIpc) is 2.77. The first kappa shape index (κ1) is 14.2. The van der Waals surface area contributed by atoms with Gasteiger partial charge in [0.2, 0.25) is 0 Å². The highest BCUT2D eigenvalue weighted by atomic mass is 79.9. The van der Waals surface area contributed by atoms with E-state index in [0.29, 0.717) is 11.4 Å². The number of hydrogen-bond acceptors (Lipinski definition) is 3. The molecule has 1 unspecified atom stereocenters. The van der Waals surface area contributed by atoms with Crippen molar-refractivity contribution in [3.05, 3.63) is 56.2 Å². The van der Waals surface area contributed by atoms with E-state index in [1.165, 1.54) is 11.3 Å². The predicted molar refractivity (Wildman–Crippen MR) is 82.5 cm³/mol. The Hall–Kier alpha value is -1.17. The molecule has 3 N–H and O–H groups in total. The maximum Gasteiger partial charge on any atom is 0.261 e. The maximum absolute atomic E-state index is 12.0. The summed E-state index contributed by atoms with van der Waals surface area (Å²) >= 11 is 4.85. The molecular formula is C14H15BrN2OS. The molecule has 1 aromatic carbocycles. The van der Waals surface area contributed by atoms with Gasteiger partial charge in [0.1, 0.15) is 0 Å². The van der Waals surface area contributed by atoms with Crippen LogP contribution >= 0.6 is 27.3 Å². The highest BCUT2D eigenvalue weighted by Crippen LogP contribution is 2.27. The summed E-state index contributed by atoms with van der Waals surface area (Å²) in [5.74, 6) is -0.0785. The van der Waals surface area contributed by atoms with Crippen LogP contribution in [0.1, 0.15) is 26.8 Å². The lowest BCUT2D eigenvalue weighted by molar-refractivity contribution is 0.0955. The van der Waals surface area contributed by atoms with E-state index in [1.807, 2.05) is 43.3 Å². The first-order chi connectivity index (χ1) is 9.08. The zero-order valence-electron chi connectivity index (χ0n) is 10.5. The minimum absolute atomic E-state index is 0.0785. The Balaban J connectivity index is 1.94. The summed E-state index contributed by atoms with van der Waals surface area (Å²) in [7, 11) is 0. The van der Waals surface area contributed by atoms with Gasteiger partial charge in [0.15, 0.2) is 0 Å². The number of hydrogen-bond donors (Lipinski definition) is 2. The zero-order valence-corrected chi connectivity index (χ0v) is 12.9. The number of carbonyl (C=O) groups excluding carboxylic acids is 1. The number of nitrogens with one attached hydrogen (secondary N) is 1. The fourth-order valence-corrected chi connectivity index (χ4v) is 3.13. The summed E-state index contributed by atoms with van der Waals surface area (Å²) in [6.07, 6.45) is 0. The van der Waals surface area contributed by atoms with Crippen molar-refractivity contribution in [2.24, 2.45) is 5.73 Å². The minimum atomic E-state index is -0.186. The van der Waals surface area contributed by atoms with Crippen molar-refractivity contribution >= 4 is 33.2 Å². The number of nitrogens with two attached hydrogens (primary N) is 1. The summed E-state index contributed by atoms with van der Waals surface area (Å²) in [6.45, 7) is 2.39. The van der Waals surface area contributed by atoms with Crippen LogP contribution in [0.5, 0.6) is 0 Å². The van der Waals surface area contributed by atoms with Gasteiger partial charge in [-0.3, -0.25) is 4.79 Å². The summed E-state index contributed by atoms with van der Waals surface area (Å²) in [6, 6.07) is 11.4. The van der Waals surface area contributed by atoms with Crippen LogP contribution in [-0.4, -0.2) is 12.5 Å². The van der Waals surface area contributed by atoms with Crippen molar-refractivity contribution in [2.45, 2.75) is 13.0 Å². The van der Waals surface area contributed by atoms with Gasteiger partial charge < -0.3 is 11.1 Å². The fourth-order valence-electron chi connectivity index (χ4n) is 1.68. The Labute approximate surface area is 125 Å². The van der Waals surface area contributed by atoms with E-state index in [0.717, 1.165) is 14.9 Å². The second-order valence-corrected chi connectivity index (χ2v) is 6.66. The molecule has 2 aromatic rings.